The molecule has 0 saturated carbocycles. The summed E-state index contributed by atoms with van der Waals surface area (Å²) >= 11 is 0. The summed E-state index contributed by atoms with van der Waals surface area (Å²) in [7, 11) is 0. The minimum atomic E-state index is -0.827. The van der Waals surface area contributed by atoms with Crippen LogP contribution in [0.15, 0.2) is 109 Å². The molecule has 61 heavy (non-hydrogen) atoms. The molecule has 0 bridgehead atoms. The van der Waals surface area contributed by atoms with E-state index in [4.69, 9.17) is 14.2 Å². The molecule has 0 aliphatic carbocycles. The average molecular weight is 845 g/mol. The third kappa shape index (κ3) is 47.0. The normalized spacial score (nSPS) is 13.0. The lowest BCUT2D eigenvalue weighted by Gasteiger charge is -2.18. The van der Waals surface area contributed by atoms with Gasteiger partial charge >= 0.3 is 17.9 Å². The van der Waals surface area contributed by atoms with E-state index in [-0.39, 0.29) is 44.0 Å². The molecule has 1 unspecified atom stereocenters. The number of carbonyl (C=O) groups is 3. The first-order valence-corrected chi connectivity index (χ1v) is 24.4. The van der Waals surface area contributed by atoms with Gasteiger partial charge in [-0.25, -0.2) is 0 Å². The van der Waals surface area contributed by atoms with Gasteiger partial charge in [0, 0.05) is 19.3 Å². The first-order valence-electron chi connectivity index (χ1n) is 24.4. The number of rotatable bonds is 42. The number of ether oxygens (including phenoxy) is 3. The Balaban J connectivity index is 4.55. The van der Waals surface area contributed by atoms with Crippen molar-refractivity contribution >= 4 is 17.9 Å². The number of allylic oxidation sites excluding steroid dienone is 18. The minimum Gasteiger partial charge on any atom is -0.462 e. The summed E-state index contributed by atoms with van der Waals surface area (Å²) in [6, 6.07) is 0. The molecule has 1 atom stereocenters. The van der Waals surface area contributed by atoms with Crippen LogP contribution in [0, 0.1) is 0 Å². The summed E-state index contributed by atoms with van der Waals surface area (Å²) in [5.74, 6) is -1.06. The van der Waals surface area contributed by atoms with Gasteiger partial charge in [-0.1, -0.05) is 188 Å². The summed E-state index contributed by atoms with van der Waals surface area (Å²) < 4.78 is 16.6. The van der Waals surface area contributed by atoms with E-state index in [2.05, 4.69) is 118 Å². The van der Waals surface area contributed by atoms with Gasteiger partial charge in [0.2, 0.25) is 0 Å². The van der Waals surface area contributed by atoms with Crippen LogP contribution in [0.5, 0.6) is 0 Å². The van der Waals surface area contributed by atoms with Gasteiger partial charge in [-0.15, -0.1) is 0 Å². The Kier molecular flexibility index (Phi) is 45.6. The summed E-state index contributed by atoms with van der Waals surface area (Å²) in [5, 5.41) is 0. The van der Waals surface area contributed by atoms with E-state index >= 15 is 0 Å². The van der Waals surface area contributed by atoms with E-state index in [0.717, 1.165) is 103 Å². The quantitative estimate of drug-likeness (QED) is 0.0200. The smallest absolute Gasteiger partial charge is 0.306 e. The van der Waals surface area contributed by atoms with E-state index in [1.807, 2.05) is 12.2 Å². The molecule has 0 aromatic heterocycles. The molecule has 0 fully saturated rings. The minimum absolute atomic E-state index is 0.124. The van der Waals surface area contributed by atoms with Crippen molar-refractivity contribution in [2.24, 2.45) is 0 Å². The summed E-state index contributed by atoms with van der Waals surface area (Å²) in [5.41, 5.74) is 0. The average Bonchev–Trinajstić information content (AvgIpc) is 3.26. The van der Waals surface area contributed by atoms with Crippen LogP contribution >= 0.6 is 0 Å². The highest BCUT2D eigenvalue weighted by atomic mass is 16.6. The molecule has 0 aliphatic heterocycles. The summed E-state index contributed by atoms with van der Waals surface area (Å²) in [6.07, 6.45) is 65.1. The van der Waals surface area contributed by atoms with Gasteiger partial charge in [0.05, 0.1) is 0 Å². The molecule has 0 aliphatic rings. The van der Waals surface area contributed by atoms with Crippen LogP contribution in [-0.2, 0) is 28.6 Å². The number of unbranched alkanes of at least 4 members (excludes halogenated alkanes) is 14. The molecule has 6 heteroatoms. The van der Waals surface area contributed by atoms with Crippen molar-refractivity contribution in [1.29, 1.82) is 0 Å². The van der Waals surface area contributed by atoms with E-state index in [1.165, 1.54) is 51.4 Å². The fraction of sp³-hybridized carbons (Fsp3) is 0.618. The second kappa shape index (κ2) is 48.7. The van der Waals surface area contributed by atoms with Crippen LogP contribution in [-0.4, -0.2) is 37.2 Å². The van der Waals surface area contributed by atoms with Gasteiger partial charge in [0.15, 0.2) is 6.10 Å². The first-order chi connectivity index (χ1) is 30.0. The molecule has 0 spiro atoms. The van der Waals surface area contributed by atoms with Crippen LogP contribution in [0.2, 0.25) is 0 Å². The van der Waals surface area contributed by atoms with E-state index in [0.29, 0.717) is 12.8 Å². The lowest BCUT2D eigenvalue weighted by Crippen LogP contribution is -2.30. The molecule has 0 radical (unpaired) electrons. The lowest BCUT2D eigenvalue weighted by atomic mass is 10.1. The van der Waals surface area contributed by atoms with Crippen molar-refractivity contribution in [2.45, 2.75) is 207 Å². The SMILES string of the molecule is CC/C=C\C/C=C\C/C=C\C/C=C\C/C=C\C/C=C\CCC(=O)OCC(COC(=O)CCCCC/C=C\C=C/CCCC)OC(=O)CCCCC/C=C\CCCCCCCC. The van der Waals surface area contributed by atoms with Crippen molar-refractivity contribution in [3.8, 4) is 0 Å². The Morgan fingerprint density at radius 1 is 0.361 bits per heavy atom. The molecule has 0 heterocycles. The van der Waals surface area contributed by atoms with Crippen LogP contribution in [0.1, 0.15) is 201 Å². The van der Waals surface area contributed by atoms with Gasteiger partial charge in [-0.2, -0.15) is 0 Å². The van der Waals surface area contributed by atoms with Gasteiger partial charge < -0.3 is 14.2 Å². The van der Waals surface area contributed by atoms with Gasteiger partial charge in [-0.3, -0.25) is 14.4 Å². The third-order valence-corrected chi connectivity index (χ3v) is 9.77. The zero-order chi connectivity index (χ0) is 44.4. The Bertz CT molecular complexity index is 1290. The second-order valence-corrected chi connectivity index (χ2v) is 15.7. The fourth-order valence-electron chi connectivity index (χ4n) is 6.08. The lowest BCUT2D eigenvalue weighted by molar-refractivity contribution is -0.166. The fourth-order valence-corrected chi connectivity index (χ4v) is 6.08. The Hall–Kier alpha value is -3.93. The maximum Gasteiger partial charge on any atom is 0.306 e. The first kappa shape index (κ1) is 57.1. The molecular formula is C55H88O6. The maximum absolute atomic E-state index is 12.7. The maximum atomic E-state index is 12.7. The molecule has 344 valence electrons. The van der Waals surface area contributed by atoms with E-state index in [1.54, 1.807) is 0 Å². The Morgan fingerprint density at radius 2 is 0.738 bits per heavy atom. The summed E-state index contributed by atoms with van der Waals surface area (Å²) in [6.45, 7) is 6.33. The number of hydrogen-bond donors (Lipinski definition) is 0. The van der Waals surface area contributed by atoms with Crippen molar-refractivity contribution in [2.75, 3.05) is 13.2 Å². The Morgan fingerprint density at radius 3 is 1.25 bits per heavy atom. The standard InChI is InChI=1S/C55H88O6/c1-4-7-10-13-16-19-22-24-25-26-27-28-29-31-33-36-39-42-45-48-54(57)60-51-52(50-59-53(56)47-44-41-38-35-32-21-18-15-12-9-6-3)61-55(58)49-46-43-40-37-34-30-23-20-17-14-11-8-5-2/h7,10,15-16,18-19,21,24-25,27-28,30-34,39,42,52H,4-6,8-9,11-14,17,20,22-23,26,29,35-38,40-41,43-51H2,1-3H3/b10-7-,18-15-,19-16-,25-24-,28-27-,32-21-,33-31-,34-30-,42-39-. The second-order valence-electron chi connectivity index (χ2n) is 15.7. The molecule has 6 nitrogen and oxygen atoms in total. The van der Waals surface area contributed by atoms with Crippen LogP contribution in [0.4, 0.5) is 0 Å². The molecule has 0 aromatic rings. The van der Waals surface area contributed by atoms with Crippen molar-refractivity contribution in [1.82, 2.24) is 0 Å². The van der Waals surface area contributed by atoms with Gasteiger partial charge in [-0.05, 0) is 103 Å². The molecular weight excluding hydrogens is 757 g/mol. The van der Waals surface area contributed by atoms with Gasteiger partial charge in [0.1, 0.15) is 13.2 Å². The highest BCUT2D eigenvalue weighted by molar-refractivity contribution is 5.71. The Labute approximate surface area is 374 Å². The monoisotopic (exact) mass is 845 g/mol. The van der Waals surface area contributed by atoms with Crippen LogP contribution < -0.4 is 0 Å². The van der Waals surface area contributed by atoms with Crippen molar-refractivity contribution in [3.63, 3.8) is 0 Å². The molecule has 0 aromatic carbocycles. The molecule has 0 rings (SSSR count). The summed E-state index contributed by atoms with van der Waals surface area (Å²) in [4.78, 5) is 37.8. The van der Waals surface area contributed by atoms with Gasteiger partial charge in [0.25, 0.3) is 0 Å². The molecule has 0 N–H and O–H groups in total. The van der Waals surface area contributed by atoms with Crippen molar-refractivity contribution < 1.29 is 28.6 Å². The highest BCUT2D eigenvalue weighted by Crippen LogP contribution is 2.11. The van der Waals surface area contributed by atoms with E-state index < -0.39 is 6.10 Å². The van der Waals surface area contributed by atoms with E-state index in [9.17, 15) is 14.4 Å². The number of hydrogen-bond acceptors (Lipinski definition) is 6. The molecule has 0 saturated heterocycles. The van der Waals surface area contributed by atoms with Crippen LogP contribution in [0.25, 0.3) is 0 Å². The third-order valence-electron chi connectivity index (χ3n) is 9.77. The van der Waals surface area contributed by atoms with Crippen LogP contribution in [0.3, 0.4) is 0 Å². The van der Waals surface area contributed by atoms with Crippen molar-refractivity contribution in [3.05, 3.63) is 109 Å². The zero-order valence-electron chi connectivity index (χ0n) is 39.1. The number of carbonyl (C=O) groups excluding carboxylic acids is 3. The number of esters is 3. The predicted molar refractivity (Wildman–Crippen MR) is 260 cm³/mol. The topological polar surface area (TPSA) is 78.9 Å². The molecule has 0 amide bonds. The highest BCUT2D eigenvalue weighted by Gasteiger charge is 2.19. The largest absolute Gasteiger partial charge is 0.462 e. The zero-order valence-corrected chi connectivity index (χ0v) is 39.1. The predicted octanol–water partition coefficient (Wildman–Crippen LogP) is 16.0.